The first-order valence-corrected chi connectivity index (χ1v) is 8.62. The van der Waals surface area contributed by atoms with Gasteiger partial charge < -0.3 is 20.1 Å². The summed E-state index contributed by atoms with van der Waals surface area (Å²) in [6.45, 7) is 5.60. The number of ether oxygens (including phenoxy) is 2. The maximum absolute atomic E-state index is 11.9. The Kier molecular flexibility index (Phi) is 7.49. The number of rotatable bonds is 8. The zero-order valence-corrected chi connectivity index (χ0v) is 15.1. The van der Waals surface area contributed by atoms with Crippen molar-refractivity contribution >= 4 is 11.8 Å². The molecular formula is C20H24N2O4. The molecule has 0 atom stereocenters. The van der Waals surface area contributed by atoms with Gasteiger partial charge >= 0.3 is 11.8 Å². The van der Waals surface area contributed by atoms with Gasteiger partial charge in [-0.2, -0.15) is 0 Å². The van der Waals surface area contributed by atoms with Gasteiger partial charge in [0.05, 0.1) is 13.2 Å². The van der Waals surface area contributed by atoms with Crippen molar-refractivity contribution in [2.45, 2.75) is 26.9 Å². The Morgan fingerprint density at radius 1 is 0.692 bits per heavy atom. The molecule has 0 unspecified atom stereocenters. The number of carbonyl (C=O) groups is 2. The van der Waals surface area contributed by atoms with Crippen LogP contribution in [0.2, 0.25) is 0 Å². The molecule has 0 aliphatic rings. The van der Waals surface area contributed by atoms with Crippen molar-refractivity contribution < 1.29 is 19.1 Å². The molecule has 26 heavy (non-hydrogen) atoms. The lowest BCUT2D eigenvalue weighted by Gasteiger charge is -2.08. The van der Waals surface area contributed by atoms with E-state index in [1.807, 2.05) is 62.4 Å². The third-order valence-electron chi connectivity index (χ3n) is 3.58. The molecule has 0 saturated heterocycles. The molecule has 2 amide bonds. The number of hydrogen-bond donors (Lipinski definition) is 2. The van der Waals surface area contributed by atoms with E-state index in [2.05, 4.69) is 10.6 Å². The van der Waals surface area contributed by atoms with Crippen molar-refractivity contribution in [1.82, 2.24) is 10.6 Å². The molecule has 2 N–H and O–H groups in total. The highest BCUT2D eigenvalue weighted by Gasteiger charge is 2.12. The van der Waals surface area contributed by atoms with Crippen LogP contribution in [0.25, 0.3) is 0 Å². The van der Waals surface area contributed by atoms with Crippen molar-refractivity contribution in [3.05, 3.63) is 59.7 Å². The maximum atomic E-state index is 11.9. The number of hydrogen-bond acceptors (Lipinski definition) is 4. The lowest BCUT2D eigenvalue weighted by Crippen LogP contribution is -2.39. The van der Waals surface area contributed by atoms with Crippen LogP contribution in [0.3, 0.4) is 0 Å². The van der Waals surface area contributed by atoms with Gasteiger partial charge in [0, 0.05) is 13.1 Å². The predicted octanol–water partition coefficient (Wildman–Crippen LogP) is 2.42. The third kappa shape index (κ3) is 6.12. The normalized spacial score (nSPS) is 10.1. The van der Waals surface area contributed by atoms with Gasteiger partial charge in [-0.25, -0.2) is 0 Å². The highest BCUT2D eigenvalue weighted by Crippen LogP contribution is 2.12. The van der Waals surface area contributed by atoms with Crippen LogP contribution in [-0.4, -0.2) is 25.0 Å². The highest BCUT2D eigenvalue weighted by atomic mass is 16.5. The Bertz CT molecular complexity index is 648. The Balaban J connectivity index is 1.75. The van der Waals surface area contributed by atoms with E-state index in [0.29, 0.717) is 13.2 Å². The molecule has 2 aromatic carbocycles. The van der Waals surface area contributed by atoms with E-state index in [-0.39, 0.29) is 13.1 Å². The van der Waals surface area contributed by atoms with Crippen LogP contribution < -0.4 is 20.1 Å². The molecule has 0 saturated carbocycles. The first kappa shape index (κ1) is 19.3. The van der Waals surface area contributed by atoms with Gasteiger partial charge in [-0.05, 0) is 49.2 Å². The Hall–Kier alpha value is -3.02. The zero-order valence-electron chi connectivity index (χ0n) is 15.1. The summed E-state index contributed by atoms with van der Waals surface area (Å²) >= 11 is 0. The van der Waals surface area contributed by atoms with Gasteiger partial charge in [-0.15, -0.1) is 0 Å². The summed E-state index contributed by atoms with van der Waals surface area (Å²) in [5, 5.41) is 5.20. The maximum Gasteiger partial charge on any atom is 0.309 e. The first-order valence-electron chi connectivity index (χ1n) is 8.62. The van der Waals surface area contributed by atoms with Crippen LogP contribution >= 0.6 is 0 Å². The van der Waals surface area contributed by atoms with Gasteiger partial charge in [-0.1, -0.05) is 24.3 Å². The van der Waals surface area contributed by atoms with Crippen molar-refractivity contribution in [1.29, 1.82) is 0 Å². The average Bonchev–Trinajstić information content (AvgIpc) is 2.67. The second-order valence-corrected chi connectivity index (χ2v) is 5.52. The summed E-state index contributed by atoms with van der Waals surface area (Å²) in [4.78, 5) is 23.8. The molecule has 0 aliphatic carbocycles. The minimum atomic E-state index is -0.662. The van der Waals surface area contributed by atoms with Crippen molar-refractivity contribution in [3.8, 4) is 11.5 Å². The molecule has 0 fully saturated rings. The molecule has 0 heterocycles. The summed E-state index contributed by atoms with van der Waals surface area (Å²) < 4.78 is 10.7. The molecule has 0 radical (unpaired) electrons. The number of benzene rings is 2. The Morgan fingerprint density at radius 3 is 1.35 bits per heavy atom. The fourth-order valence-electron chi connectivity index (χ4n) is 2.27. The summed E-state index contributed by atoms with van der Waals surface area (Å²) in [7, 11) is 0. The van der Waals surface area contributed by atoms with Gasteiger partial charge in [-0.3, -0.25) is 9.59 Å². The minimum Gasteiger partial charge on any atom is -0.494 e. The fraction of sp³-hybridized carbons (Fsp3) is 0.300. The van der Waals surface area contributed by atoms with Crippen LogP contribution in [0, 0.1) is 0 Å². The van der Waals surface area contributed by atoms with Crippen LogP contribution in [0.15, 0.2) is 48.5 Å². The SMILES string of the molecule is CCOc1ccc(CNC(=O)C(=O)NCc2ccc(OCC)cc2)cc1. The predicted molar refractivity (Wildman–Crippen MR) is 98.9 cm³/mol. The Labute approximate surface area is 153 Å². The lowest BCUT2D eigenvalue weighted by molar-refractivity contribution is -0.139. The standard InChI is InChI=1S/C20H24N2O4/c1-3-25-17-9-5-15(6-10-17)13-21-19(23)20(24)22-14-16-7-11-18(12-8-16)26-4-2/h5-12H,3-4,13-14H2,1-2H3,(H,21,23)(H,22,24). The molecule has 0 aliphatic heterocycles. The Morgan fingerprint density at radius 2 is 1.04 bits per heavy atom. The van der Waals surface area contributed by atoms with Gasteiger partial charge in [0.15, 0.2) is 0 Å². The zero-order chi connectivity index (χ0) is 18.8. The second-order valence-electron chi connectivity index (χ2n) is 5.52. The number of carbonyl (C=O) groups excluding carboxylic acids is 2. The van der Waals surface area contributed by atoms with Crippen molar-refractivity contribution in [2.24, 2.45) is 0 Å². The lowest BCUT2D eigenvalue weighted by atomic mass is 10.2. The molecular weight excluding hydrogens is 332 g/mol. The second kappa shape index (κ2) is 10.1. The molecule has 0 aromatic heterocycles. The molecule has 6 heteroatoms. The van der Waals surface area contributed by atoms with E-state index < -0.39 is 11.8 Å². The third-order valence-corrected chi connectivity index (χ3v) is 3.58. The molecule has 2 aromatic rings. The van der Waals surface area contributed by atoms with Crippen LogP contribution in [0.4, 0.5) is 0 Å². The van der Waals surface area contributed by atoms with Crippen molar-refractivity contribution in [2.75, 3.05) is 13.2 Å². The molecule has 0 spiro atoms. The smallest absolute Gasteiger partial charge is 0.309 e. The monoisotopic (exact) mass is 356 g/mol. The number of nitrogens with one attached hydrogen (secondary N) is 2. The summed E-state index contributed by atoms with van der Waals surface area (Å²) in [5.74, 6) is 0.223. The van der Waals surface area contributed by atoms with E-state index in [1.54, 1.807) is 0 Å². The summed E-state index contributed by atoms with van der Waals surface area (Å²) in [6.07, 6.45) is 0. The first-order chi connectivity index (χ1) is 12.6. The molecule has 2 rings (SSSR count). The largest absolute Gasteiger partial charge is 0.494 e. The molecule has 138 valence electrons. The summed E-state index contributed by atoms with van der Waals surface area (Å²) in [5.41, 5.74) is 1.78. The quantitative estimate of drug-likeness (QED) is 0.712. The number of amides is 2. The highest BCUT2D eigenvalue weighted by molar-refractivity contribution is 6.35. The van der Waals surface area contributed by atoms with Gasteiger partial charge in [0.1, 0.15) is 11.5 Å². The van der Waals surface area contributed by atoms with E-state index in [9.17, 15) is 9.59 Å². The van der Waals surface area contributed by atoms with Crippen LogP contribution in [-0.2, 0) is 22.7 Å². The van der Waals surface area contributed by atoms with E-state index >= 15 is 0 Å². The van der Waals surface area contributed by atoms with Crippen LogP contribution in [0.5, 0.6) is 11.5 Å². The van der Waals surface area contributed by atoms with E-state index in [1.165, 1.54) is 0 Å². The summed E-state index contributed by atoms with van der Waals surface area (Å²) in [6, 6.07) is 14.7. The van der Waals surface area contributed by atoms with Crippen LogP contribution in [0.1, 0.15) is 25.0 Å². The fourth-order valence-corrected chi connectivity index (χ4v) is 2.27. The van der Waals surface area contributed by atoms with Gasteiger partial charge in [0.2, 0.25) is 0 Å². The topological polar surface area (TPSA) is 76.7 Å². The minimum absolute atomic E-state index is 0.279. The van der Waals surface area contributed by atoms with E-state index in [4.69, 9.17) is 9.47 Å². The van der Waals surface area contributed by atoms with E-state index in [0.717, 1.165) is 22.6 Å². The molecule has 0 bridgehead atoms. The molecule has 6 nitrogen and oxygen atoms in total. The average molecular weight is 356 g/mol. The van der Waals surface area contributed by atoms with Gasteiger partial charge in [0.25, 0.3) is 0 Å². The van der Waals surface area contributed by atoms with Crippen molar-refractivity contribution in [3.63, 3.8) is 0 Å².